The molecular weight excluding hydrogens is 395 g/mol. The molecule has 1 atom stereocenters. The molecule has 2 aromatic carbocycles. The molecule has 31 heavy (non-hydrogen) atoms. The minimum absolute atomic E-state index is 0.0119. The molecule has 1 aromatic heterocycles. The van der Waals surface area contributed by atoms with Gasteiger partial charge in [-0.15, -0.1) is 0 Å². The maximum Gasteiger partial charge on any atom is 0.319 e. The van der Waals surface area contributed by atoms with Crippen LogP contribution in [0, 0.1) is 25.6 Å². The molecule has 0 aliphatic carbocycles. The van der Waals surface area contributed by atoms with Crippen molar-refractivity contribution in [1.29, 1.82) is 0 Å². The molecule has 0 bridgehead atoms. The van der Waals surface area contributed by atoms with Gasteiger partial charge in [-0.1, -0.05) is 12.1 Å². The van der Waals surface area contributed by atoms with Gasteiger partial charge in [0.1, 0.15) is 11.5 Å². The molecule has 4 rings (SSSR count). The van der Waals surface area contributed by atoms with E-state index in [-0.39, 0.29) is 17.9 Å². The van der Waals surface area contributed by atoms with Crippen molar-refractivity contribution in [2.45, 2.75) is 26.7 Å². The Hall–Kier alpha value is -3.35. The summed E-state index contributed by atoms with van der Waals surface area (Å²) in [6.45, 7) is 5.84. The molecular formula is C24H27FN4O2. The second-order valence-electron chi connectivity index (χ2n) is 8.33. The summed E-state index contributed by atoms with van der Waals surface area (Å²) in [7, 11) is 0. The van der Waals surface area contributed by atoms with E-state index in [2.05, 4.69) is 34.7 Å². The largest absolute Gasteiger partial charge is 0.351 e. The molecule has 0 radical (unpaired) electrons. The van der Waals surface area contributed by atoms with Crippen LogP contribution in [0.1, 0.15) is 34.5 Å². The van der Waals surface area contributed by atoms with Gasteiger partial charge in [0.05, 0.1) is 0 Å². The van der Waals surface area contributed by atoms with Crippen molar-refractivity contribution < 1.29 is 14.0 Å². The first-order valence-corrected chi connectivity index (χ1v) is 10.6. The predicted octanol–water partition coefficient (Wildman–Crippen LogP) is 4.60. The monoisotopic (exact) mass is 422 g/mol. The maximum atomic E-state index is 13.3. The van der Waals surface area contributed by atoms with E-state index in [0.717, 1.165) is 34.9 Å². The number of amides is 3. The molecule has 3 aromatic rings. The Labute approximate surface area is 180 Å². The van der Waals surface area contributed by atoms with E-state index in [9.17, 15) is 14.0 Å². The van der Waals surface area contributed by atoms with Crippen LogP contribution in [-0.2, 0) is 0 Å². The molecule has 1 fully saturated rings. The number of benzene rings is 2. The number of H-pyrrole nitrogens is 1. The number of anilines is 1. The molecule has 0 spiro atoms. The Kier molecular flexibility index (Phi) is 5.93. The third-order valence-electron chi connectivity index (χ3n) is 5.76. The van der Waals surface area contributed by atoms with Crippen molar-refractivity contribution in [3.8, 4) is 0 Å². The molecule has 1 aliphatic rings. The summed E-state index contributed by atoms with van der Waals surface area (Å²) < 4.78 is 13.3. The van der Waals surface area contributed by atoms with Gasteiger partial charge >= 0.3 is 6.03 Å². The smallest absolute Gasteiger partial charge is 0.319 e. The van der Waals surface area contributed by atoms with Crippen LogP contribution in [0.15, 0.2) is 42.5 Å². The van der Waals surface area contributed by atoms with Gasteiger partial charge in [-0.25, -0.2) is 9.18 Å². The SMILES string of the molecule is Cc1cc(C)c2cc(C(=O)N3CCCC(CNC(=O)Nc4cccc(F)c4)C3)[nH]c2c1. The molecule has 3 amide bonds. The lowest BCUT2D eigenvalue weighted by molar-refractivity contribution is 0.0670. The topological polar surface area (TPSA) is 77.2 Å². The normalized spacial score (nSPS) is 16.4. The molecule has 1 aliphatic heterocycles. The quantitative estimate of drug-likeness (QED) is 0.575. The van der Waals surface area contributed by atoms with Crippen LogP contribution in [-0.4, -0.2) is 41.5 Å². The number of piperidine rings is 1. The fraction of sp³-hybridized carbons (Fsp3) is 0.333. The number of hydrogen-bond acceptors (Lipinski definition) is 2. The third kappa shape index (κ3) is 4.87. The molecule has 1 saturated heterocycles. The highest BCUT2D eigenvalue weighted by molar-refractivity contribution is 5.99. The minimum atomic E-state index is -0.401. The number of hydrogen-bond donors (Lipinski definition) is 3. The molecule has 6 nitrogen and oxygen atoms in total. The zero-order chi connectivity index (χ0) is 22.0. The zero-order valence-corrected chi connectivity index (χ0v) is 17.8. The van der Waals surface area contributed by atoms with E-state index in [1.807, 2.05) is 17.9 Å². The van der Waals surface area contributed by atoms with Crippen LogP contribution < -0.4 is 10.6 Å². The van der Waals surface area contributed by atoms with Crippen molar-refractivity contribution in [2.75, 3.05) is 25.0 Å². The van der Waals surface area contributed by atoms with Crippen molar-refractivity contribution in [3.05, 3.63) is 65.1 Å². The summed E-state index contributed by atoms with van der Waals surface area (Å²) in [5.74, 6) is -0.243. The van der Waals surface area contributed by atoms with Crippen LogP contribution in [0.25, 0.3) is 10.9 Å². The van der Waals surface area contributed by atoms with E-state index in [0.29, 0.717) is 31.0 Å². The highest BCUT2D eigenvalue weighted by Gasteiger charge is 2.26. The van der Waals surface area contributed by atoms with E-state index in [1.165, 1.54) is 12.1 Å². The standard InChI is InChI=1S/C24H27FN4O2/c1-15-9-16(2)20-12-22(28-21(20)10-15)23(30)29-8-4-5-17(14-29)13-26-24(31)27-19-7-3-6-18(25)11-19/h3,6-7,9-12,17,28H,4-5,8,13-14H2,1-2H3,(H2,26,27,31). The number of carbonyl (C=O) groups excluding carboxylic acids is 2. The number of fused-ring (bicyclic) bond motifs is 1. The van der Waals surface area contributed by atoms with Crippen LogP contribution in [0.5, 0.6) is 0 Å². The van der Waals surface area contributed by atoms with Crippen molar-refractivity contribution in [3.63, 3.8) is 0 Å². The lowest BCUT2D eigenvalue weighted by Crippen LogP contribution is -2.44. The van der Waals surface area contributed by atoms with Gasteiger partial charge in [0.15, 0.2) is 0 Å². The summed E-state index contributed by atoms with van der Waals surface area (Å²) in [6, 6.07) is 11.5. The van der Waals surface area contributed by atoms with E-state index >= 15 is 0 Å². The number of halogens is 1. The maximum absolute atomic E-state index is 13.3. The molecule has 162 valence electrons. The minimum Gasteiger partial charge on any atom is -0.351 e. The summed E-state index contributed by atoms with van der Waals surface area (Å²) in [4.78, 5) is 30.3. The lowest BCUT2D eigenvalue weighted by Gasteiger charge is -2.32. The van der Waals surface area contributed by atoms with Gasteiger partial charge in [0.2, 0.25) is 0 Å². The fourth-order valence-electron chi connectivity index (χ4n) is 4.28. The van der Waals surface area contributed by atoms with Gasteiger partial charge < -0.3 is 20.5 Å². The summed E-state index contributed by atoms with van der Waals surface area (Å²) >= 11 is 0. The third-order valence-corrected chi connectivity index (χ3v) is 5.76. The molecule has 7 heteroatoms. The average Bonchev–Trinajstić information content (AvgIpc) is 3.16. The second kappa shape index (κ2) is 8.79. The van der Waals surface area contributed by atoms with Gasteiger partial charge in [-0.3, -0.25) is 4.79 Å². The molecule has 1 unspecified atom stereocenters. The first-order chi connectivity index (χ1) is 14.9. The lowest BCUT2D eigenvalue weighted by atomic mass is 9.97. The number of likely N-dealkylation sites (tertiary alicyclic amines) is 1. The van der Waals surface area contributed by atoms with Crippen molar-refractivity contribution in [1.82, 2.24) is 15.2 Å². The Balaban J connectivity index is 1.35. The Morgan fingerprint density at radius 3 is 2.84 bits per heavy atom. The van der Waals surface area contributed by atoms with Gasteiger partial charge in [-0.2, -0.15) is 0 Å². The van der Waals surface area contributed by atoms with E-state index < -0.39 is 5.82 Å². The van der Waals surface area contributed by atoms with E-state index in [1.54, 1.807) is 12.1 Å². The predicted molar refractivity (Wildman–Crippen MR) is 120 cm³/mol. The van der Waals surface area contributed by atoms with Crippen LogP contribution in [0.4, 0.5) is 14.9 Å². The summed E-state index contributed by atoms with van der Waals surface area (Å²) in [5.41, 5.74) is 4.29. The Morgan fingerprint density at radius 2 is 2.03 bits per heavy atom. The van der Waals surface area contributed by atoms with Gasteiger partial charge in [0, 0.05) is 36.2 Å². The first-order valence-electron chi connectivity index (χ1n) is 10.6. The van der Waals surface area contributed by atoms with Gasteiger partial charge in [0.25, 0.3) is 5.91 Å². The Morgan fingerprint density at radius 1 is 1.19 bits per heavy atom. The van der Waals surface area contributed by atoms with E-state index in [4.69, 9.17) is 0 Å². The molecule has 0 saturated carbocycles. The number of nitrogens with one attached hydrogen (secondary N) is 3. The van der Waals surface area contributed by atoms with Crippen LogP contribution in [0.2, 0.25) is 0 Å². The number of carbonyl (C=O) groups is 2. The number of nitrogens with zero attached hydrogens (tertiary/aromatic N) is 1. The van der Waals surface area contributed by atoms with Crippen LogP contribution in [0.3, 0.4) is 0 Å². The first kappa shape index (κ1) is 20.9. The Bertz CT molecular complexity index is 1120. The number of urea groups is 1. The highest BCUT2D eigenvalue weighted by atomic mass is 19.1. The van der Waals surface area contributed by atoms with Crippen molar-refractivity contribution >= 4 is 28.5 Å². The highest BCUT2D eigenvalue weighted by Crippen LogP contribution is 2.24. The zero-order valence-electron chi connectivity index (χ0n) is 17.8. The number of aromatic nitrogens is 1. The average molecular weight is 423 g/mol. The fourth-order valence-corrected chi connectivity index (χ4v) is 4.28. The molecule has 3 N–H and O–H groups in total. The number of aromatic amines is 1. The number of aryl methyl sites for hydroxylation is 2. The molecule has 2 heterocycles. The van der Waals surface area contributed by atoms with Gasteiger partial charge in [-0.05, 0) is 74.1 Å². The van der Waals surface area contributed by atoms with Crippen molar-refractivity contribution in [2.24, 2.45) is 5.92 Å². The summed E-state index contributed by atoms with van der Waals surface area (Å²) in [6.07, 6.45) is 1.83. The number of rotatable bonds is 4. The summed E-state index contributed by atoms with van der Waals surface area (Å²) in [5, 5.41) is 6.54. The second-order valence-corrected chi connectivity index (χ2v) is 8.33. The van der Waals surface area contributed by atoms with Crippen LogP contribution >= 0.6 is 0 Å².